The average molecular weight is 300 g/mol. The van der Waals surface area contributed by atoms with Crippen LogP contribution in [0.3, 0.4) is 0 Å². The van der Waals surface area contributed by atoms with E-state index in [0.29, 0.717) is 5.69 Å². The second-order valence-electron chi connectivity index (χ2n) is 3.61. The summed E-state index contributed by atoms with van der Waals surface area (Å²) >= 11 is 3.35. The minimum atomic E-state index is -0.876. The number of carbonyl (C=O) groups excluding carboxylic acids is 2. The Morgan fingerprint density at radius 1 is 1.35 bits per heavy atom. The van der Waals surface area contributed by atoms with Crippen LogP contribution in [0.5, 0.6) is 0 Å². The fourth-order valence-corrected chi connectivity index (χ4v) is 2.21. The molecule has 1 aromatic carbocycles. The van der Waals surface area contributed by atoms with Gasteiger partial charge in [-0.2, -0.15) is 0 Å². The highest BCUT2D eigenvalue weighted by Gasteiger charge is 2.17. The largest absolute Gasteiger partial charge is 0.459 e. The highest BCUT2D eigenvalue weighted by Crippen LogP contribution is 2.27. The first-order valence-corrected chi connectivity index (χ1v) is 5.99. The molecule has 0 fully saturated rings. The Hall–Kier alpha value is -1.36. The molecule has 0 bridgehead atoms. The molecule has 0 atom stereocenters. The summed E-state index contributed by atoms with van der Waals surface area (Å²) in [6.45, 7) is 5.64. The maximum absolute atomic E-state index is 11.5. The van der Waals surface area contributed by atoms with E-state index in [9.17, 15) is 9.59 Å². The number of benzene rings is 1. The summed E-state index contributed by atoms with van der Waals surface area (Å²) < 4.78 is 5.36. The lowest BCUT2D eigenvalue weighted by Crippen LogP contribution is -2.25. The molecule has 1 N–H and O–H groups in total. The zero-order valence-electron chi connectivity index (χ0n) is 9.96. The molecule has 0 aliphatic heterocycles. The van der Waals surface area contributed by atoms with E-state index >= 15 is 0 Å². The molecule has 92 valence electrons. The molecule has 0 saturated carbocycles. The third kappa shape index (κ3) is 3.56. The fourth-order valence-electron chi connectivity index (χ4n) is 1.44. The van der Waals surface area contributed by atoms with Gasteiger partial charge in [0.25, 0.3) is 0 Å². The number of hydrogen-bond donors (Lipinski definition) is 1. The molecule has 0 aromatic heterocycles. The molecular formula is C12H14BrNO3. The summed E-state index contributed by atoms with van der Waals surface area (Å²) in [6, 6.07) is 3.79. The smallest absolute Gasteiger partial charge is 0.397 e. The standard InChI is InChI=1S/C12H14BrNO3/c1-4-17-12(16)11(15)14-10-8(3)5-7(2)6-9(10)13/h5-6H,4H2,1-3H3,(H,14,15). The molecule has 0 saturated heterocycles. The van der Waals surface area contributed by atoms with Crippen LogP contribution in [-0.2, 0) is 14.3 Å². The summed E-state index contributed by atoms with van der Waals surface area (Å²) in [4.78, 5) is 22.7. The van der Waals surface area contributed by atoms with Gasteiger partial charge in [0.05, 0.1) is 12.3 Å². The molecule has 5 heteroatoms. The van der Waals surface area contributed by atoms with Gasteiger partial charge in [-0.1, -0.05) is 6.07 Å². The SMILES string of the molecule is CCOC(=O)C(=O)Nc1c(C)cc(C)cc1Br. The van der Waals surface area contributed by atoms with Crippen LogP contribution in [0.2, 0.25) is 0 Å². The first kappa shape index (κ1) is 13.7. The Labute approximate surface area is 108 Å². The van der Waals surface area contributed by atoms with Crippen molar-refractivity contribution in [2.24, 2.45) is 0 Å². The Bertz CT molecular complexity index is 434. The minimum absolute atomic E-state index is 0.181. The maximum Gasteiger partial charge on any atom is 0.397 e. The molecule has 0 radical (unpaired) electrons. The van der Waals surface area contributed by atoms with Crippen LogP contribution in [0, 0.1) is 13.8 Å². The van der Waals surface area contributed by atoms with E-state index in [1.807, 2.05) is 26.0 Å². The molecular weight excluding hydrogens is 286 g/mol. The van der Waals surface area contributed by atoms with Gasteiger partial charge in [-0.05, 0) is 53.9 Å². The number of aryl methyl sites for hydroxylation is 2. The second kappa shape index (κ2) is 5.82. The van der Waals surface area contributed by atoms with Crippen LogP contribution in [0.1, 0.15) is 18.1 Å². The lowest BCUT2D eigenvalue weighted by molar-refractivity contribution is -0.152. The van der Waals surface area contributed by atoms with Crippen molar-refractivity contribution in [3.8, 4) is 0 Å². The molecule has 1 aromatic rings. The van der Waals surface area contributed by atoms with E-state index in [4.69, 9.17) is 0 Å². The number of amides is 1. The normalized spacial score (nSPS) is 9.88. The summed E-state index contributed by atoms with van der Waals surface area (Å²) in [6.07, 6.45) is 0. The van der Waals surface area contributed by atoms with E-state index in [0.717, 1.165) is 15.6 Å². The van der Waals surface area contributed by atoms with Gasteiger partial charge in [0.15, 0.2) is 0 Å². The number of ether oxygens (including phenoxy) is 1. The van der Waals surface area contributed by atoms with Gasteiger partial charge in [-0.15, -0.1) is 0 Å². The quantitative estimate of drug-likeness (QED) is 0.674. The second-order valence-corrected chi connectivity index (χ2v) is 4.47. The Morgan fingerprint density at radius 3 is 2.53 bits per heavy atom. The zero-order valence-corrected chi connectivity index (χ0v) is 11.6. The average Bonchev–Trinajstić information content (AvgIpc) is 2.23. The number of hydrogen-bond acceptors (Lipinski definition) is 3. The van der Waals surface area contributed by atoms with E-state index in [1.165, 1.54) is 0 Å². The van der Waals surface area contributed by atoms with Gasteiger partial charge in [0.2, 0.25) is 0 Å². The van der Waals surface area contributed by atoms with Crippen LogP contribution in [0.4, 0.5) is 5.69 Å². The first-order valence-electron chi connectivity index (χ1n) is 5.20. The third-order valence-electron chi connectivity index (χ3n) is 2.13. The van der Waals surface area contributed by atoms with Crippen molar-refractivity contribution < 1.29 is 14.3 Å². The molecule has 0 heterocycles. The van der Waals surface area contributed by atoms with Gasteiger partial charge in [0.1, 0.15) is 0 Å². The van der Waals surface area contributed by atoms with Gasteiger partial charge >= 0.3 is 11.9 Å². The summed E-state index contributed by atoms with van der Waals surface area (Å²) in [5.41, 5.74) is 2.55. The molecule has 0 aliphatic rings. The predicted molar refractivity (Wildman–Crippen MR) is 68.9 cm³/mol. The number of carbonyl (C=O) groups is 2. The predicted octanol–water partition coefficient (Wildman–Crippen LogP) is 2.57. The van der Waals surface area contributed by atoms with Gasteiger partial charge in [-0.25, -0.2) is 4.79 Å². The van der Waals surface area contributed by atoms with Crippen LogP contribution < -0.4 is 5.32 Å². The minimum Gasteiger partial charge on any atom is -0.459 e. The Morgan fingerprint density at radius 2 is 2.00 bits per heavy atom. The fraction of sp³-hybridized carbons (Fsp3) is 0.333. The van der Waals surface area contributed by atoms with Crippen LogP contribution in [0.15, 0.2) is 16.6 Å². The van der Waals surface area contributed by atoms with E-state index in [1.54, 1.807) is 6.92 Å². The lowest BCUT2D eigenvalue weighted by Gasteiger charge is -2.11. The highest BCUT2D eigenvalue weighted by atomic mass is 79.9. The molecule has 17 heavy (non-hydrogen) atoms. The van der Waals surface area contributed by atoms with Crippen LogP contribution in [-0.4, -0.2) is 18.5 Å². The molecule has 0 aliphatic carbocycles. The van der Waals surface area contributed by atoms with Crippen LogP contribution >= 0.6 is 15.9 Å². The van der Waals surface area contributed by atoms with E-state index in [2.05, 4.69) is 26.0 Å². The molecule has 0 unspecified atom stereocenters. The maximum atomic E-state index is 11.5. The van der Waals surface area contributed by atoms with Crippen molar-refractivity contribution >= 4 is 33.5 Å². The van der Waals surface area contributed by atoms with Gasteiger partial charge in [0, 0.05) is 4.47 Å². The third-order valence-corrected chi connectivity index (χ3v) is 2.76. The van der Waals surface area contributed by atoms with Crippen LogP contribution in [0.25, 0.3) is 0 Å². The topological polar surface area (TPSA) is 55.4 Å². The Kier molecular flexibility index (Phi) is 4.69. The number of halogens is 1. The van der Waals surface area contributed by atoms with Gasteiger partial charge in [-0.3, -0.25) is 4.79 Å². The number of esters is 1. The van der Waals surface area contributed by atoms with Crippen molar-refractivity contribution in [1.29, 1.82) is 0 Å². The highest BCUT2D eigenvalue weighted by molar-refractivity contribution is 9.10. The molecule has 1 rings (SSSR count). The monoisotopic (exact) mass is 299 g/mol. The molecule has 0 spiro atoms. The summed E-state index contributed by atoms with van der Waals surface area (Å²) in [5, 5.41) is 2.53. The zero-order chi connectivity index (χ0) is 13.0. The number of nitrogens with one attached hydrogen (secondary N) is 1. The van der Waals surface area contributed by atoms with E-state index in [-0.39, 0.29) is 6.61 Å². The first-order chi connectivity index (χ1) is 7.95. The van der Waals surface area contributed by atoms with Gasteiger partial charge < -0.3 is 10.1 Å². The van der Waals surface area contributed by atoms with Crippen molar-refractivity contribution in [3.05, 3.63) is 27.7 Å². The van der Waals surface area contributed by atoms with Crippen molar-refractivity contribution in [2.75, 3.05) is 11.9 Å². The number of anilines is 1. The lowest BCUT2D eigenvalue weighted by atomic mass is 10.1. The molecule has 1 amide bonds. The Balaban J connectivity index is 2.89. The van der Waals surface area contributed by atoms with Crippen molar-refractivity contribution in [3.63, 3.8) is 0 Å². The molecule has 4 nitrogen and oxygen atoms in total. The summed E-state index contributed by atoms with van der Waals surface area (Å²) in [5.74, 6) is -1.64. The van der Waals surface area contributed by atoms with Crippen molar-refractivity contribution in [2.45, 2.75) is 20.8 Å². The van der Waals surface area contributed by atoms with Crippen molar-refractivity contribution in [1.82, 2.24) is 0 Å². The number of rotatable bonds is 2. The summed E-state index contributed by atoms with van der Waals surface area (Å²) in [7, 11) is 0. The van der Waals surface area contributed by atoms with E-state index < -0.39 is 11.9 Å².